The van der Waals surface area contributed by atoms with Crippen molar-refractivity contribution in [2.24, 2.45) is 0 Å². The molecule has 1 aliphatic rings. The minimum Gasteiger partial charge on any atom is -0.303 e. The molecule has 1 aromatic carbocycles. The summed E-state index contributed by atoms with van der Waals surface area (Å²) >= 11 is 0. The lowest BCUT2D eigenvalue weighted by atomic mass is 9.89. The van der Waals surface area contributed by atoms with Gasteiger partial charge in [-0.3, -0.25) is 4.39 Å². The minimum atomic E-state index is -0.157. The second-order valence-electron chi connectivity index (χ2n) is 5.28. The minimum absolute atomic E-state index is 0.157. The SMILES string of the molecule is FCCCCCN1CCC(c2ccccc2)CC1. The van der Waals surface area contributed by atoms with Crippen LogP contribution in [0.25, 0.3) is 0 Å². The predicted molar refractivity (Wildman–Crippen MR) is 74.7 cm³/mol. The Hall–Kier alpha value is -0.890. The molecule has 0 amide bonds. The third-order valence-corrected chi connectivity index (χ3v) is 3.97. The molecule has 0 atom stereocenters. The Morgan fingerprint density at radius 3 is 2.39 bits per heavy atom. The molecule has 0 bridgehead atoms. The van der Waals surface area contributed by atoms with Crippen molar-refractivity contribution in [2.45, 2.75) is 38.0 Å². The van der Waals surface area contributed by atoms with Crippen molar-refractivity contribution in [3.63, 3.8) is 0 Å². The third kappa shape index (κ3) is 4.09. The molecule has 2 heteroatoms. The van der Waals surface area contributed by atoms with Crippen molar-refractivity contribution in [2.75, 3.05) is 26.3 Å². The van der Waals surface area contributed by atoms with Gasteiger partial charge in [-0.1, -0.05) is 30.3 Å². The molecular weight excluding hydrogens is 225 g/mol. The van der Waals surface area contributed by atoms with E-state index in [9.17, 15) is 4.39 Å². The molecule has 0 N–H and O–H groups in total. The molecule has 1 aromatic rings. The van der Waals surface area contributed by atoms with Gasteiger partial charge in [0.05, 0.1) is 6.67 Å². The number of hydrogen-bond acceptors (Lipinski definition) is 1. The van der Waals surface area contributed by atoms with Gasteiger partial charge in [0.2, 0.25) is 0 Å². The van der Waals surface area contributed by atoms with Crippen molar-refractivity contribution in [3.05, 3.63) is 35.9 Å². The molecule has 1 nitrogen and oxygen atoms in total. The van der Waals surface area contributed by atoms with Gasteiger partial charge < -0.3 is 4.90 Å². The maximum atomic E-state index is 12.0. The quantitative estimate of drug-likeness (QED) is 0.689. The van der Waals surface area contributed by atoms with E-state index in [-0.39, 0.29) is 6.67 Å². The number of likely N-dealkylation sites (tertiary alicyclic amines) is 1. The van der Waals surface area contributed by atoms with E-state index < -0.39 is 0 Å². The summed E-state index contributed by atoms with van der Waals surface area (Å²) in [5, 5.41) is 0. The van der Waals surface area contributed by atoms with E-state index in [0.717, 1.165) is 31.7 Å². The van der Waals surface area contributed by atoms with Crippen LogP contribution in [0.2, 0.25) is 0 Å². The van der Waals surface area contributed by atoms with Crippen LogP contribution >= 0.6 is 0 Å². The first kappa shape index (κ1) is 13.5. The van der Waals surface area contributed by atoms with Crippen LogP contribution in [-0.4, -0.2) is 31.2 Å². The summed E-state index contributed by atoms with van der Waals surface area (Å²) in [5.41, 5.74) is 1.49. The molecule has 1 aliphatic heterocycles. The number of piperidine rings is 1. The van der Waals surface area contributed by atoms with Gasteiger partial charge in [0, 0.05) is 0 Å². The Morgan fingerprint density at radius 2 is 1.72 bits per heavy atom. The van der Waals surface area contributed by atoms with Crippen LogP contribution in [0.3, 0.4) is 0 Å². The summed E-state index contributed by atoms with van der Waals surface area (Å²) in [4.78, 5) is 2.54. The second kappa shape index (κ2) is 7.52. The fourth-order valence-corrected chi connectivity index (χ4v) is 2.82. The fraction of sp³-hybridized carbons (Fsp3) is 0.625. The lowest BCUT2D eigenvalue weighted by Crippen LogP contribution is -2.33. The fourth-order valence-electron chi connectivity index (χ4n) is 2.82. The molecule has 0 aliphatic carbocycles. The third-order valence-electron chi connectivity index (χ3n) is 3.97. The van der Waals surface area contributed by atoms with E-state index in [1.54, 1.807) is 0 Å². The monoisotopic (exact) mass is 249 g/mol. The van der Waals surface area contributed by atoms with Crippen LogP contribution in [-0.2, 0) is 0 Å². The summed E-state index contributed by atoms with van der Waals surface area (Å²) in [6, 6.07) is 10.9. The molecular formula is C16H24FN. The zero-order chi connectivity index (χ0) is 12.6. The molecule has 0 spiro atoms. The number of hydrogen-bond donors (Lipinski definition) is 0. The maximum absolute atomic E-state index is 12.0. The van der Waals surface area contributed by atoms with Crippen LogP contribution < -0.4 is 0 Å². The summed E-state index contributed by atoms with van der Waals surface area (Å²) in [6.07, 6.45) is 5.47. The number of benzene rings is 1. The normalized spacial score (nSPS) is 18.1. The molecule has 0 radical (unpaired) electrons. The lowest BCUT2D eigenvalue weighted by Gasteiger charge is -2.32. The Morgan fingerprint density at radius 1 is 1.00 bits per heavy atom. The van der Waals surface area contributed by atoms with Crippen LogP contribution in [0.5, 0.6) is 0 Å². The van der Waals surface area contributed by atoms with Crippen molar-refractivity contribution in [1.29, 1.82) is 0 Å². The molecule has 18 heavy (non-hydrogen) atoms. The molecule has 1 heterocycles. The molecule has 0 saturated carbocycles. The van der Waals surface area contributed by atoms with Crippen molar-refractivity contribution < 1.29 is 4.39 Å². The van der Waals surface area contributed by atoms with Gasteiger partial charge >= 0.3 is 0 Å². The Labute approximate surface area is 110 Å². The first-order valence-electron chi connectivity index (χ1n) is 7.23. The molecule has 0 unspecified atom stereocenters. The average Bonchev–Trinajstić information content (AvgIpc) is 2.45. The van der Waals surface area contributed by atoms with E-state index in [1.807, 2.05) is 0 Å². The largest absolute Gasteiger partial charge is 0.303 e. The molecule has 1 fully saturated rings. The first-order valence-corrected chi connectivity index (χ1v) is 7.23. The zero-order valence-corrected chi connectivity index (χ0v) is 11.2. The average molecular weight is 249 g/mol. The van der Waals surface area contributed by atoms with Crippen molar-refractivity contribution in [3.8, 4) is 0 Å². The first-order chi connectivity index (χ1) is 8.90. The highest BCUT2D eigenvalue weighted by Crippen LogP contribution is 2.27. The highest BCUT2D eigenvalue weighted by molar-refractivity contribution is 5.19. The lowest BCUT2D eigenvalue weighted by molar-refractivity contribution is 0.207. The summed E-state index contributed by atoms with van der Waals surface area (Å²) < 4.78 is 12.0. The van der Waals surface area contributed by atoms with E-state index in [4.69, 9.17) is 0 Å². The van der Waals surface area contributed by atoms with Crippen molar-refractivity contribution >= 4 is 0 Å². The Bertz CT molecular complexity index is 317. The van der Waals surface area contributed by atoms with E-state index in [0.29, 0.717) is 0 Å². The highest BCUT2D eigenvalue weighted by atomic mass is 19.1. The van der Waals surface area contributed by atoms with Crippen LogP contribution in [0.4, 0.5) is 4.39 Å². The van der Waals surface area contributed by atoms with E-state index in [1.165, 1.54) is 31.5 Å². The van der Waals surface area contributed by atoms with Gasteiger partial charge in [-0.2, -0.15) is 0 Å². The number of unbranched alkanes of at least 4 members (excludes halogenated alkanes) is 2. The van der Waals surface area contributed by atoms with Crippen LogP contribution in [0.15, 0.2) is 30.3 Å². The summed E-state index contributed by atoms with van der Waals surface area (Å²) in [5.74, 6) is 0.744. The van der Waals surface area contributed by atoms with Gasteiger partial charge in [-0.25, -0.2) is 0 Å². The summed E-state index contributed by atoms with van der Waals surface area (Å²) in [6.45, 7) is 3.40. The maximum Gasteiger partial charge on any atom is 0.0894 e. The zero-order valence-electron chi connectivity index (χ0n) is 11.2. The van der Waals surface area contributed by atoms with Gasteiger partial charge in [0.1, 0.15) is 0 Å². The number of alkyl halides is 1. The van der Waals surface area contributed by atoms with Gasteiger partial charge in [-0.05, 0) is 63.2 Å². The van der Waals surface area contributed by atoms with Crippen LogP contribution in [0.1, 0.15) is 43.6 Å². The van der Waals surface area contributed by atoms with E-state index >= 15 is 0 Å². The Kier molecular flexibility index (Phi) is 5.66. The smallest absolute Gasteiger partial charge is 0.0894 e. The highest BCUT2D eigenvalue weighted by Gasteiger charge is 2.19. The number of nitrogens with zero attached hydrogens (tertiary/aromatic N) is 1. The van der Waals surface area contributed by atoms with Gasteiger partial charge in [0.25, 0.3) is 0 Å². The standard InChI is InChI=1S/C16H24FN/c17-11-5-2-6-12-18-13-9-16(10-14-18)15-7-3-1-4-8-15/h1,3-4,7-8,16H,2,5-6,9-14H2. The number of halogens is 1. The molecule has 100 valence electrons. The Balaban J connectivity index is 1.68. The second-order valence-corrected chi connectivity index (χ2v) is 5.28. The van der Waals surface area contributed by atoms with Gasteiger partial charge in [0.15, 0.2) is 0 Å². The predicted octanol–water partition coefficient (Wildman–Crippen LogP) is 4.01. The topological polar surface area (TPSA) is 3.24 Å². The van der Waals surface area contributed by atoms with Crippen LogP contribution in [0, 0.1) is 0 Å². The van der Waals surface area contributed by atoms with Gasteiger partial charge in [-0.15, -0.1) is 0 Å². The summed E-state index contributed by atoms with van der Waals surface area (Å²) in [7, 11) is 0. The van der Waals surface area contributed by atoms with E-state index in [2.05, 4.69) is 35.2 Å². The van der Waals surface area contributed by atoms with Crippen molar-refractivity contribution in [1.82, 2.24) is 4.90 Å². The number of rotatable bonds is 6. The molecule has 1 saturated heterocycles. The molecule has 0 aromatic heterocycles. The molecule has 2 rings (SSSR count).